The van der Waals surface area contributed by atoms with Crippen LogP contribution in [0, 0.1) is 5.92 Å². The first kappa shape index (κ1) is 18.4. The standard InChI is InChI=1S/C17H23NO5S/c1-3-10-7-8-11-12(9-10)24-16(15(11)17(22)23-2)18-13(19)5-4-6-14(20)21/h10H,3-9H2,1-2H3,(H,18,19)(H,20,21)/t10-/m1/s1. The van der Waals surface area contributed by atoms with Gasteiger partial charge in [-0.3, -0.25) is 9.59 Å². The fourth-order valence-corrected chi connectivity index (χ4v) is 4.36. The molecule has 6 nitrogen and oxygen atoms in total. The van der Waals surface area contributed by atoms with Crippen LogP contribution < -0.4 is 5.32 Å². The first-order chi connectivity index (χ1) is 11.5. The highest BCUT2D eigenvalue weighted by molar-refractivity contribution is 7.17. The lowest BCUT2D eigenvalue weighted by atomic mass is 9.85. The number of amides is 1. The van der Waals surface area contributed by atoms with Gasteiger partial charge in [0.15, 0.2) is 0 Å². The van der Waals surface area contributed by atoms with Crippen LogP contribution in [0.25, 0.3) is 0 Å². The molecule has 1 heterocycles. The van der Waals surface area contributed by atoms with E-state index in [0.717, 1.165) is 36.1 Å². The summed E-state index contributed by atoms with van der Waals surface area (Å²) in [5, 5.41) is 11.9. The van der Waals surface area contributed by atoms with Crippen LogP contribution in [-0.2, 0) is 27.2 Å². The van der Waals surface area contributed by atoms with Crippen molar-refractivity contribution in [1.29, 1.82) is 0 Å². The Bertz CT molecular complexity index is 637. The molecular weight excluding hydrogens is 330 g/mol. The average molecular weight is 353 g/mol. The third-order valence-electron chi connectivity index (χ3n) is 4.38. The Kier molecular flexibility index (Phi) is 6.36. The lowest BCUT2D eigenvalue weighted by molar-refractivity contribution is -0.137. The normalized spacial score (nSPS) is 16.3. The lowest BCUT2D eigenvalue weighted by Gasteiger charge is -2.20. The minimum absolute atomic E-state index is 0.0452. The van der Waals surface area contributed by atoms with Gasteiger partial charge in [0.1, 0.15) is 5.00 Å². The summed E-state index contributed by atoms with van der Waals surface area (Å²) in [5.74, 6) is -1.01. The molecule has 0 saturated heterocycles. The smallest absolute Gasteiger partial charge is 0.341 e. The molecule has 1 aliphatic carbocycles. The zero-order valence-corrected chi connectivity index (χ0v) is 14.8. The van der Waals surface area contributed by atoms with Gasteiger partial charge >= 0.3 is 11.9 Å². The van der Waals surface area contributed by atoms with Gasteiger partial charge < -0.3 is 15.2 Å². The summed E-state index contributed by atoms with van der Waals surface area (Å²) in [4.78, 5) is 35.9. The van der Waals surface area contributed by atoms with E-state index in [1.54, 1.807) is 0 Å². The maximum atomic E-state index is 12.2. The van der Waals surface area contributed by atoms with Crippen molar-refractivity contribution in [2.24, 2.45) is 5.92 Å². The van der Waals surface area contributed by atoms with E-state index in [-0.39, 0.29) is 25.2 Å². The Morgan fingerprint density at radius 2 is 2.08 bits per heavy atom. The molecule has 24 heavy (non-hydrogen) atoms. The van der Waals surface area contributed by atoms with Gasteiger partial charge in [-0.25, -0.2) is 4.79 Å². The molecule has 1 atom stereocenters. The topological polar surface area (TPSA) is 92.7 Å². The number of carboxylic acid groups (broad SMARTS) is 1. The quantitative estimate of drug-likeness (QED) is 0.734. The number of rotatable bonds is 7. The van der Waals surface area contributed by atoms with E-state index < -0.39 is 11.9 Å². The molecule has 0 radical (unpaired) electrons. The van der Waals surface area contributed by atoms with Crippen LogP contribution in [0.3, 0.4) is 0 Å². The number of esters is 1. The van der Waals surface area contributed by atoms with Crippen molar-refractivity contribution in [3.63, 3.8) is 0 Å². The Balaban J connectivity index is 2.16. The summed E-state index contributed by atoms with van der Waals surface area (Å²) >= 11 is 1.44. The lowest BCUT2D eigenvalue weighted by Crippen LogP contribution is -2.16. The largest absolute Gasteiger partial charge is 0.481 e. The zero-order valence-electron chi connectivity index (χ0n) is 14.0. The number of aliphatic carboxylic acids is 1. The zero-order chi connectivity index (χ0) is 17.7. The maximum absolute atomic E-state index is 12.2. The Hall–Kier alpha value is -1.89. The second-order valence-corrected chi connectivity index (χ2v) is 7.12. The van der Waals surface area contributed by atoms with E-state index in [9.17, 15) is 14.4 Å². The molecule has 1 aromatic heterocycles. The van der Waals surface area contributed by atoms with Crippen molar-refractivity contribution in [2.75, 3.05) is 12.4 Å². The summed E-state index contributed by atoms with van der Waals surface area (Å²) in [6.45, 7) is 2.16. The first-order valence-corrected chi connectivity index (χ1v) is 9.02. The van der Waals surface area contributed by atoms with Crippen molar-refractivity contribution in [3.8, 4) is 0 Å². The molecular formula is C17H23NO5S. The summed E-state index contributed by atoms with van der Waals surface area (Å²) in [6.07, 6.45) is 4.23. The maximum Gasteiger partial charge on any atom is 0.341 e. The molecule has 0 aliphatic heterocycles. The molecule has 0 aromatic carbocycles. The average Bonchev–Trinajstić information content (AvgIpc) is 2.90. The van der Waals surface area contributed by atoms with Gasteiger partial charge in [0.05, 0.1) is 12.7 Å². The number of hydrogen-bond acceptors (Lipinski definition) is 5. The van der Waals surface area contributed by atoms with Crippen molar-refractivity contribution in [3.05, 3.63) is 16.0 Å². The number of ether oxygens (including phenoxy) is 1. The van der Waals surface area contributed by atoms with Crippen LogP contribution >= 0.6 is 11.3 Å². The molecule has 0 unspecified atom stereocenters. The molecule has 1 aromatic rings. The molecule has 2 rings (SSSR count). The van der Waals surface area contributed by atoms with Gasteiger partial charge in [-0.05, 0) is 37.2 Å². The van der Waals surface area contributed by atoms with E-state index in [0.29, 0.717) is 16.5 Å². The molecule has 132 valence electrons. The fourth-order valence-electron chi connectivity index (χ4n) is 3.00. The predicted octanol–water partition coefficient (Wildman–Crippen LogP) is 3.24. The molecule has 7 heteroatoms. The highest BCUT2D eigenvalue weighted by Gasteiger charge is 2.29. The number of carbonyl (C=O) groups excluding carboxylic acids is 2. The minimum Gasteiger partial charge on any atom is -0.481 e. The fraction of sp³-hybridized carbons (Fsp3) is 0.588. The summed E-state index contributed by atoms with van der Waals surface area (Å²) in [7, 11) is 1.34. The Morgan fingerprint density at radius 3 is 2.71 bits per heavy atom. The van der Waals surface area contributed by atoms with Crippen LogP contribution in [0.2, 0.25) is 0 Å². The number of hydrogen-bond donors (Lipinski definition) is 2. The SMILES string of the molecule is CC[C@@H]1CCc2c(sc(NC(=O)CCCC(=O)O)c2C(=O)OC)C1. The van der Waals surface area contributed by atoms with Crippen LogP contribution in [0.4, 0.5) is 5.00 Å². The number of carboxylic acids is 1. The molecule has 0 saturated carbocycles. The van der Waals surface area contributed by atoms with Gasteiger partial charge in [-0.2, -0.15) is 0 Å². The van der Waals surface area contributed by atoms with Gasteiger partial charge in [0.2, 0.25) is 5.91 Å². The van der Waals surface area contributed by atoms with Crippen molar-refractivity contribution in [2.45, 2.75) is 51.9 Å². The predicted molar refractivity (Wildman–Crippen MR) is 91.6 cm³/mol. The summed E-state index contributed by atoms with van der Waals surface area (Å²) < 4.78 is 4.89. The minimum atomic E-state index is -0.921. The number of fused-ring (bicyclic) bond motifs is 1. The van der Waals surface area contributed by atoms with E-state index >= 15 is 0 Å². The highest BCUT2D eigenvalue weighted by Crippen LogP contribution is 2.40. The van der Waals surface area contributed by atoms with E-state index in [1.165, 1.54) is 18.4 Å². The van der Waals surface area contributed by atoms with Crippen molar-refractivity contribution < 1.29 is 24.2 Å². The number of nitrogens with one attached hydrogen (secondary N) is 1. The number of anilines is 1. The second kappa shape index (κ2) is 8.28. The monoisotopic (exact) mass is 353 g/mol. The molecule has 0 bridgehead atoms. The van der Waals surface area contributed by atoms with Crippen LogP contribution in [0.1, 0.15) is 59.8 Å². The third kappa shape index (κ3) is 4.35. The Morgan fingerprint density at radius 1 is 1.33 bits per heavy atom. The molecule has 1 aliphatic rings. The summed E-state index contributed by atoms with van der Waals surface area (Å²) in [6, 6.07) is 0. The first-order valence-electron chi connectivity index (χ1n) is 8.20. The van der Waals surface area contributed by atoms with Gasteiger partial charge in [0, 0.05) is 17.7 Å². The Labute approximate surface area is 145 Å². The molecule has 0 fully saturated rings. The van der Waals surface area contributed by atoms with E-state index in [4.69, 9.17) is 9.84 Å². The molecule has 1 amide bonds. The highest BCUT2D eigenvalue weighted by atomic mass is 32.1. The van der Waals surface area contributed by atoms with Gasteiger partial charge in [-0.15, -0.1) is 11.3 Å². The molecule has 0 spiro atoms. The van der Waals surface area contributed by atoms with Crippen molar-refractivity contribution >= 4 is 34.2 Å². The number of thiophene rings is 1. The van der Waals surface area contributed by atoms with Crippen LogP contribution in [-0.4, -0.2) is 30.1 Å². The van der Waals surface area contributed by atoms with E-state index in [2.05, 4.69) is 12.2 Å². The molecule has 2 N–H and O–H groups in total. The second-order valence-electron chi connectivity index (χ2n) is 6.01. The number of methoxy groups -OCH3 is 1. The van der Waals surface area contributed by atoms with Crippen LogP contribution in [0.5, 0.6) is 0 Å². The van der Waals surface area contributed by atoms with Gasteiger partial charge in [-0.1, -0.05) is 13.3 Å². The summed E-state index contributed by atoms with van der Waals surface area (Å²) in [5.41, 5.74) is 1.47. The van der Waals surface area contributed by atoms with Crippen LogP contribution in [0.15, 0.2) is 0 Å². The third-order valence-corrected chi connectivity index (χ3v) is 5.55. The number of carbonyl (C=O) groups is 3. The van der Waals surface area contributed by atoms with E-state index in [1.807, 2.05) is 0 Å². The van der Waals surface area contributed by atoms with Crippen molar-refractivity contribution in [1.82, 2.24) is 0 Å². The van der Waals surface area contributed by atoms with Gasteiger partial charge in [0.25, 0.3) is 0 Å².